The van der Waals surface area contributed by atoms with E-state index in [1.807, 2.05) is 18.2 Å². The molecule has 0 heteroatoms. The molecule has 0 N–H and O–H groups in total. The smallest absolute Gasteiger partial charge is 0.0245 e. The van der Waals surface area contributed by atoms with Gasteiger partial charge in [0.15, 0.2) is 0 Å². The molecule has 20 heavy (non-hydrogen) atoms. The van der Waals surface area contributed by atoms with Gasteiger partial charge in [-0.2, -0.15) is 0 Å². The molecule has 0 fully saturated rings. The molecule has 0 aromatic heterocycles. The van der Waals surface area contributed by atoms with Crippen molar-refractivity contribution < 1.29 is 0 Å². The van der Waals surface area contributed by atoms with Crippen LogP contribution in [0.5, 0.6) is 0 Å². The first kappa shape index (κ1) is 16.8. The lowest BCUT2D eigenvalue weighted by Gasteiger charge is -2.00. The Bertz CT molecular complexity index is 366. The molecule has 110 valence electrons. The fourth-order valence-corrected chi connectivity index (χ4v) is 2.39. The highest BCUT2D eigenvalue weighted by Crippen LogP contribution is 2.11. The second kappa shape index (κ2) is 12.8. The summed E-state index contributed by atoms with van der Waals surface area (Å²) in [6, 6.07) is 10.3. The summed E-state index contributed by atoms with van der Waals surface area (Å²) >= 11 is 0. The third kappa shape index (κ3) is 9.68. The van der Waals surface area contributed by atoms with E-state index in [4.69, 9.17) is 0 Å². The molecule has 0 atom stereocenters. The molecule has 0 bridgehead atoms. The first-order chi connectivity index (χ1) is 9.93. The Morgan fingerprint density at radius 1 is 0.700 bits per heavy atom. The van der Waals surface area contributed by atoms with Crippen LogP contribution < -0.4 is 0 Å². The Hall–Kier alpha value is -1.22. The molecule has 0 saturated carbocycles. The molecule has 1 rings (SSSR count). The van der Waals surface area contributed by atoms with Crippen LogP contribution in [-0.4, -0.2) is 0 Å². The molecule has 0 heterocycles. The van der Waals surface area contributed by atoms with Gasteiger partial charge in [0.25, 0.3) is 0 Å². The van der Waals surface area contributed by atoms with E-state index in [1.54, 1.807) is 0 Å². The quantitative estimate of drug-likeness (QED) is 0.343. The second-order valence-electron chi connectivity index (χ2n) is 5.60. The molecule has 1 aromatic carbocycles. The zero-order chi connectivity index (χ0) is 14.3. The van der Waals surface area contributed by atoms with Crippen LogP contribution in [0.25, 0.3) is 0 Å². The van der Waals surface area contributed by atoms with E-state index in [1.165, 1.54) is 64.2 Å². The Balaban J connectivity index is 1.87. The largest absolute Gasteiger partial charge is 0.0979 e. The Kier molecular flexibility index (Phi) is 10.8. The second-order valence-corrected chi connectivity index (χ2v) is 5.60. The van der Waals surface area contributed by atoms with Gasteiger partial charge >= 0.3 is 0 Å². The molecular weight excluding hydrogens is 240 g/mol. The van der Waals surface area contributed by atoms with Gasteiger partial charge in [-0.1, -0.05) is 94.8 Å². The van der Waals surface area contributed by atoms with E-state index >= 15 is 0 Å². The molecule has 0 aliphatic heterocycles. The van der Waals surface area contributed by atoms with Crippen molar-refractivity contribution in [2.24, 2.45) is 0 Å². The van der Waals surface area contributed by atoms with E-state index < -0.39 is 0 Å². The molecule has 1 aromatic rings. The van der Waals surface area contributed by atoms with Crippen molar-refractivity contribution in [2.75, 3.05) is 0 Å². The molecule has 0 amide bonds. The molecule has 0 radical (unpaired) electrons. The highest BCUT2D eigenvalue weighted by Gasteiger charge is 1.91. The van der Waals surface area contributed by atoms with Crippen LogP contribution >= 0.6 is 0 Å². The molecule has 0 nitrogen and oxygen atoms in total. The average molecular weight is 270 g/mol. The van der Waals surface area contributed by atoms with Gasteiger partial charge < -0.3 is 0 Å². The van der Waals surface area contributed by atoms with Gasteiger partial charge in [0.1, 0.15) is 0 Å². The topological polar surface area (TPSA) is 0 Å². The lowest BCUT2D eigenvalue weighted by molar-refractivity contribution is 0.558. The predicted octanol–water partition coefficient (Wildman–Crippen LogP) is 6.35. The fraction of sp³-hybridized carbons (Fsp3) is 0.600. The summed E-state index contributed by atoms with van der Waals surface area (Å²) in [7, 11) is 0. The minimum atomic E-state index is 1.05. The molecule has 0 aliphatic rings. The summed E-state index contributed by atoms with van der Waals surface area (Å²) in [5, 5.41) is 0. The van der Waals surface area contributed by atoms with Crippen LogP contribution in [0, 0.1) is 11.8 Å². The van der Waals surface area contributed by atoms with Crippen molar-refractivity contribution in [1.82, 2.24) is 0 Å². The van der Waals surface area contributed by atoms with Gasteiger partial charge in [0, 0.05) is 12.0 Å². The zero-order valence-corrected chi connectivity index (χ0v) is 13.2. The third-order valence-corrected chi connectivity index (χ3v) is 3.66. The molecule has 0 spiro atoms. The van der Waals surface area contributed by atoms with Crippen LogP contribution in [0.3, 0.4) is 0 Å². The summed E-state index contributed by atoms with van der Waals surface area (Å²) in [6.07, 6.45) is 15.0. The monoisotopic (exact) mass is 270 g/mol. The van der Waals surface area contributed by atoms with Gasteiger partial charge in [0.2, 0.25) is 0 Å². The van der Waals surface area contributed by atoms with Gasteiger partial charge in [-0.3, -0.25) is 0 Å². The van der Waals surface area contributed by atoms with Crippen molar-refractivity contribution >= 4 is 0 Å². The van der Waals surface area contributed by atoms with Crippen molar-refractivity contribution in [1.29, 1.82) is 0 Å². The summed E-state index contributed by atoms with van der Waals surface area (Å²) in [6.45, 7) is 2.28. The van der Waals surface area contributed by atoms with E-state index in [0.717, 1.165) is 12.0 Å². The standard InChI is InChI=1S/C20H30/c1-2-3-4-5-6-7-8-9-10-11-12-14-17-20-18-15-13-16-19-20/h13,15-16,18-19H,2-12H2,1H3. The SMILES string of the molecule is CCCCCCCCCCCCC#Cc1ccccc1. The maximum atomic E-state index is 3.28. The van der Waals surface area contributed by atoms with E-state index in [2.05, 4.69) is 30.9 Å². The number of benzene rings is 1. The summed E-state index contributed by atoms with van der Waals surface area (Å²) in [5.74, 6) is 6.50. The minimum Gasteiger partial charge on any atom is -0.0979 e. The first-order valence-electron chi connectivity index (χ1n) is 8.47. The fourth-order valence-electron chi connectivity index (χ4n) is 2.39. The average Bonchev–Trinajstić information content (AvgIpc) is 2.49. The summed E-state index contributed by atoms with van der Waals surface area (Å²) in [5.41, 5.74) is 1.14. The molecular formula is C20H30. The van der Waals surface area contributed by atoms with E-state index in [0.29, 0.717) is 0 Å². The number of unbranched alkanes of at least 4 members (excludes halogenated alkanes) is 10. The van der Waals surface area contributed by atoms with Gasteiger partial charge in [0.05, 0.1) is 0 Å². The molecule has 0 aliphatic carbocycles. The van der Waals surface area contributed by atoms with Crippen LogP contribution in [0.4, 0.5) is 0 Å². The van der Waals surface area contributed by atoms with Gasteiger partial charge in [-0.15, -0.1) is 0 Å². The Labute approximate surface area is 126 Å². The lowest BCUT2D eigenvalue weighted by atomic mass is 10.1. The van der Waals surface area contributed by atoms with Gasteiger partial charge in [-0.25, -0.2) is 0 Å². The number of rotatable bonds is 10. The van der Waals surface area contributed by atoms with Crippen LogP contribution in [-0.2, 0) is 0 Å². The van der Waals surface area contributed by atoms with Crippen LogP contribution in [0.2, 0.25) is 0 Å². The van der Waals surface area contributed by atoms with Crippen LogP contribution in [0.1, 0.15) is 83.1 Å². The third-order valence-electron chi connectivity index (χ3n) is 3.66. The zero-order valence-electron chi connectivity index (χ0n) is 13.2. The maximum absolute atomic E-state index is 3.28. The predicted molar refractivity (Wildman–Crippen MR) is 89.8 cm³/mol. The van der Waals surface area contributed by atoms with E-state index in [9.17, 15) is 0 Å². The lowest BCUT2D eigenvalue weighted by Crippen LogP contribution is -1.81. The van der Waals surface area contributed by atoms with Crippen molar-refractivity contribution in [3.05, 3.63) is 35.9 Å². The summed E-state index contributed by atoms with van der Waals surface area (Å²) in [4.78, 5) is 0. The highest BCUT2D eigenvalue weighted by molar-refractivity contribution is 5.33. The maximum Gasteiger partial charge on any atom is 0.0245 e. The van der Waals surface area contributed by atoms with Crippen molar-refractivity contribution in [3.63, 3.8) is 0 Å². The molecule has 0 saturated heterocycles. The Morgan fingerprint density at radius 3 is 1.85 bits per heavy atom. The van der Waals surface area contributed by atoms with Crippen LogP contribution in [0.15, 0.2) is 30.3 Å². The first-order valence-corrected chi connectivity index (χ1v) is 8.47. The minimum absolute atomic E-state index is 1.05. The van der Waals surface area contributed by atoms with Crippen molar-refractivity contribution in [2.45, 2.75) is 77.6 Å². The number of hydrogen-bond acceptors (Lipinski definition) is 0. The van der Waals surface area contributed by atoms with Crippen molar-refractivity contribution in [3.8, 4) is 11.8 Å². The Morgan fingerprint density at radius 2 is 1.25 bits per heavy atom. The van der Waals surface area contributed by atoms with E-state index in [-0.39, 0.29) is 0 Å². The summed E-state index contributed by atoms with van der Waals surface area (Å²) < 4.78 is 0. The normalized spacial score (nSPS) is 10.1. The highest BCUT2D eigenvalue weighted by atomic mass is 14.0. The van der Waals surface area contributed by atoms with Gasteiger partial charge in [-0.05, 0) is 18.6 Å². The number of hydrogen-bond donors (Lipinski definition) is 0. The molecule has 0 unspecified atom stereocenters.